The van der Waals surface area contributed by atoms with E-state index in [0.29, 0.717) is 0 Å². The maximum absolute atomic E-state index is 13.8. The van der Waals surface area contributed by atoms with Crippen molar-refractivity contribution in [1.29, 1.82) is 0 Å². The van der Waals surface area contributed by atoms with Gasteiger partial charge in [0.05, 0.1) is 28.8 Å². The molecule has 40 heavy (non-hydrogen) atoms. The summed E-state index contributed by atoms with van der Waals surface area (Å²) in [6.07, 6.45) is -0.757. The number of aryl methyl sites for hydroxylation is 1. The normalized spacial score (nSPS) is 17.6. The van der Waals surface area contributed by atoms with Gasteiger partial charge in [-0.05, 0) is 23.5 Å². The van der Waals surface area contributed by atoms with E-state index in [2.05, 4.69) is 20.5 Å². The van der Waals surface area contributed by atoms with Crippen molar-refractivity contribution in [3.8, 4) is 10.4 Å². The molecule has 1 aromatic heterocycles. The van der Waals surface area contributed by atoms with E-state index < -0.39 is 35.4 Å². The van der Waals surface area contributed by atoms with Gasteiger partial charge in [-0.2, -0.15) is 0 Å². The zero-order valence-electron chi connectivity index (χ0n) is 23.0. The van der Waals surface area contributed by atoms with Gasteiger partial charge in [0.2, 0.25) is 17.7 Å². The number of aliphatic hydroxyl groups is 1. The minimum atomic E-state index is -0.984. The van der Waals surface area contributed by atoms with Crippen LogP contribution < -0.4 is 10.6 Å². The van der Waals surface area contributed by atoms with Crippen LogP contribution >= 0.6 is 11.3 Å². The fourth-order valence-corrected chi connectivity index (χ4v) is 5.56. The molecule has 0 unspecified atom stereocenters. The SMILES string of the molecule is [C-]#[N+]c1ccccc1C(=O)N[C@H](C(=O)N1C[C@H](O)C[C@H]1C(=O)NCc1ccc(-c2scnc2C)cc1)C(C)(C)C. The number of aromatic nitrogens is 1. The van der Waals surface area contributed by atoms with Gasteiger partial charge in [0, 0.05) is 25.1 Å². The van der Waals surface area contributed by atoms with Gasteiger partial charge in [-0.25, -0.2) is 9.83 Å². The smallest absolute Gasteiger partial charge is 0.246 e. The molecule has 0 spiro atoms. The van der Waals surface area contributed by atoms with Crippen molar-refractivity contribution >= 4 is 34.7 Å². The monoisotopic (exact) mass is 559 g/mol. The lowest BCUT2D eigenvalue weighted by atomic mass is 9.85. The molecule has 3 amide bonds. The molecule has 0 radical (unpaired) electrons. The molecule has 3 aromatic rings. The maximum Gasteiger partial charge on any atom is 0.246 e. The summed E-state index contributed by atoms with van der Waals surface area (Å²) in [6.45, 7) is 15.0. The van der Waals surface area contributed by atoms with Crippen LogP contribution in [0.15, 0.2) is 54.0 Å². The van der Waals surface area contributed by atoms with Crippen LogP contribution in [0.2, 0.25) is 0 Å². The van der Waals surface area contributed by atoms with E-state index >= 15 is 0 Å². The summed E-state index contributed by atoms with van der Waals surface area (Å²) >= 11 is 1.57. The molecular formula is C30H33N5O4S. The lowest BCUT2D eigenvalue weighted by molar-refractivity contribution is -0.142. The Hall–Kier alpha value is -4.07. The van der Waals surface area contributed by atoms with Crippen LogP contribution in [0.25, 0.3) is 15.3 Å². The number of aliphatic hydroxyl groups excluding tert-OH is 1. The number of hydrogen-bond donors (Lipinski definition) is 3. The van der Waals surface area contributed by atoms with Crippen molar-refractivity contribution in [2.24, 2.45) is 5.41 Å². The molecule has 3 N–H and O–H groups in total. The van der Waals surface area contributed by atoms with Gasteiger partial charge >= 0.3 is 0 Å². The Morgan fingerprint density at radius 1 is 1.18 bits per heavy atom. The molecule has 10 heteroatoms. The van der Waals surface area contributed by atoms with Gasteiger partial charge in [-0.3, -0.25) is 14.4 Å². The van der Waals surface area contributed by atoms with Crippen LogP contribution in [0.5, 0.6) is 0 Å². The van der Waals surface area contributed by atoms with Crippen molar-refractivity contribution in [1.82, 2.24) is 20.5 Å². The van der Waals surface area contributed by atoms with Crippen molar-refractivity contribution in [3.63, 3.8) is 0 Å². The Morgan fingerprint density at radius 2 is 1.88 bits per heavy atom. The fraction of sp³-hybridized carbons (Fsp3) is 0.367. The number of β-amino-alcohol motifs (C(OH)–C–C–N with tert-alkyl or cyclic N) is 1. The number of hydrogen-bond acceptors (Lipinski definition) is 6. The Kier molecular flexibility index (Phi) is 8.67. The summed E-state index contributed by atoms with van der Waals surface area (Å²) < 4.78 is 0. The molecule has 1 aliphatic rings. The van der Waals surface area contributed by atoms with Crippen LogP contribution in [-0.4, -0.2) is 57.4 Å². The molecule has 0 aliphatic carbocycles. The van der Waals surface area contributed by atoms with Gasteiger partial charge < -0.3 is 20.6 Å². The first-order chi connectivity index (χ1) is 19.0. The number of amides is 3. The van der Waals surface area contributed by atoms with E-state index in [1.807, 2.05) is 57.5 Å². The van der Waals surface area contributed by atoms with E-state index in [-0.39, 0.29) is 36.7 Å². The topological polar surface area (TPSA) is 116 Å². The number of nitrogens with one attached hydrogen (secondary N) is 2. The van der Waals surface area contributed by atoms with Crippen LogP contribution in [-0.2, 0) is 16.1 Å². The summed E-state index contributed by atoms with van der Waals surface area (Å²) in [5, 5.41) is 16.1. The van der Waals surface area contributed by atoms with E-state index in [1.165, 1.54) is 11.0 Å². The summed E-state index contributed by atoms with van der Waals surface area (Å²) in [5.74, 6) is -1.37. The highest BCUT2D eigenvalue weighted by atomic mass is 32.1. The van der Waals surface area contributed by atoms with E-state index in [0.717, 1.165) is 21.7 Å². The Bertz CT molecular complexity index is 1440. The van der Waals surface area contributed by atoms with Crippen molar-refractivity contribution < 1.29 is 19.5 Å². The Labute approximate surface area is 238 Å². The van der Waals surface area contributed by atoms with E-state index in [1.54, 1.807) is 29.5 Å². The number of rotatable bonds is 7. The number of carbonyl (C=O) groups is 3. The summed E-state index contributed by atoms with van der Waals surface area (Å²) in [4.78, 5) is 50.3. The summed E-state index contributed by atoms with van der Waals surface area (Å²) in [6, 6.07) is 12.4. The lowest BCUT2D eigenvalue weighted by Crippen LogP contribution is -2.57. The molecule has 2 heterocycles. The number of thiazole rings is 1. The molecule has 4 rings (SSSR count). The number of benzene rings is 2. The van der Waals surface area contributed by atoms with Gasteiger partial charge in [0.25, 0.3) is 0 Å². The summed E-state index contributed by atoms with van der Waals surface area (Å²) in [5.41, 5.74) is 4.39. The summed E-state index contributed by atoms with van der Waals surface area (Å²) in [7, 11) is 0. The molecule has 9 nitrogen and oxygen atoms in total. The van der Waals surface area contributed by atoms with Crippen LogP contribution in [0.1, 0.15) is 48.8 Å². The fourth-order valence-electron chi connectivity index (χ4n) is 4.75. The Morgan fingerprint density at radius 3 is 2.50 bits per heavy atom. The third-order valence-electron chi connectivity index (χ3n) is 6.95. The lowest BCUT2D eigenvalue weighted by Gasteiger charge is -2.35. The van der Waals surface area contributed by atoms with Gasteiger partial charge in [0.15, 0.2) is 5.69 Å². The maximum atomic E-state index is 13.8. The van der Waals surface area contributed by atoms with Crippen LogP contribution in [0.3, 0.4) is 0 Å². The Balaban J connectivity index is 1.46. The molecular weight excluding hydrogens is 526 g/mol. The molecule has 1 aliphatic heterocycles. The van der Waals surface area contributed by atoms with Crippen molar-refractivity contribution in [2.75, 3.05) is 6.54 Å². The van der Waals surface area contributed by atoms with Crippen molar-refractivity contribution in [2.45, 2.75) is 58.8 Å². The third-order valence-corrected chi connectivity index (χ3v) is 7.93. The molecule has 3 atom stereocenters. The zero-order valence-corrected chi connectivity index (χ0v) is 23.8. The zero-order chi connectivity index (χ0) is 29.0. The number of nitrogens with zero attached hydrogens (tertiary/aromatic N) is 3. The van der Waals surface area contributed by atoms with Crippen molar-refractivity contribution in [3.05, 3.63) is 82.3 Å². The average molecular weight is 560 g/mol. The highest BCUT2D eigenvalue weighted by Gasteiger charge is 2.44. The van der Waals surface area contributed by atoms with Crippen LogP contribution in [0, 0.1) is 18.9 Å². The standard InChI is InChI=1S/C30H33N5O4S/c1-18-25(40-17-33-18)20-12-10-19(11-13-20)15-32-28(38)24-14-21(36)16-35(24)29(39)26(30(2,3)4)34-27(37)22-8-6-7-9-23(22)31-5/h6-13,17,21,24,26,36H,14-16H2,1-4H3,(H,32,38)(H,34,37)/t21-,24+,26-/m1/s1. The second-order valence-corrected chi connectivity index (χ2v) is 11.8. The first-order valence-corrected chi connectivity index (χ1v) is 13.9. The second-order valence-electron chi connectivity index (χ2n) is 11.0. The van der Waals surface area contributed by atoms with E-state index in [9.17, 15) is 19.5 Å². The quantitative estimate of drug-likeness (QED) is 0.377. The third kappa shape index (κ3) is 6.38. The average Bonchev–Trinajstić information content (AvgIpc) is 3.54. The predicted molar refractivity (Wildman–Crippen MR) is 154 cm³/mol. The molecule has 1 saturated heterocycles. The minimum Gasteiger partial charge on any atom is -0.391 e. The second kappa shape index (κ2) is 12.0. The molecule has 0 bridgehead atoms. The number of para-hydroxylation sites is 1. The molecule has 0 saturated carbocycles. The molecule has 208 valence electrons. The van der Waals surface area contributed by atoms with Gasteiger partial charge in [-0.1, -0.05) is 69.3 Å². The first kappa shape index (κ1) is 28.9. The highest BCUT2D eigenvalue weighted by Crippen LogP contribution is 2.29. The van der Waals surface area contributed by atoms with Gasteiger partial charge in [-0.15, -0.1) is 11.3 Å². The predicted octanol–water partition coefficient (Wildman–Crippen LogP) is 4.09. The minimum absolute atomic E-state index is 0.0130. The van der Waals surface area contributed by atoms with Crippen LogP contribution in [0.4, 0.5) is 5.69 Å². The number of likely N-dealkylation sites (tertiary alicyclic amines) is 1. The first-order valence-electron chi connectivity index (χ1n) is 13.0. The largest absolute Gasteiger partial charge is 0.391 e. The highest BCUT2D eigenvalue weighted by molar-refractivity contribution is 7.13. The van der Waals surface area contributed by atoms with Gasteiger partial charge in [0.1, 0.15) is 12.1 Å². The molecule has 2 aromatic carbocycles. The number of carbonyl (C=O) groups excluding carboxylic acids is 3. The molecule has 1 fully saturated rings. The van der Waals surface area contributed by atoms with E-state index in [4.69, 9.17) is 6.57 Å².